The van der Waals surface area contributed by atoms with Crippen molar-refractivity contribution >= 4 is 17.4 Å². The zero-order valence-corrected chi connectivity index (χ0v) is 10.9. The predicted octanol–water partition coefficient (Wildman–Crippen LogP) is 2.01. The summed E-state index contributed by atoms with van der Waals surface area (Å²) in [7, 11) is 0. The van der Waals surface area contributed by atoms with E-state index < -0.39 is 6.10 Å². The van der Waals surface area contributed by atoms with Gasteiger partial charge in [-0.25, -0.2) is 0 Å². The maximum absolute atomic E-state index is 9.30. The summed E-state index contributed by atoms with van der Waals surface area (Å²) in [4.78, 5) is 3.02. The molecule has 0 aromatic heterocycles. The molecule has 1 heterocycles. The Bertz CT molecular complexity index is 518. The van der Waals surface area contributed by atoms with Gasteiger partial charge in [0.25, 0.3) is 0 Å². The van der Waals surface area contributed by atoms with Crippen LogP contribution in [0.2, 0.25) is 0 Å². The molecule has 1 aromatic rings. The molecule has 0 aliphatic carbocycles. The Morgan fingerprint density at radius 2 is 2.28 bits per heavy atom. The van der Waals surface area contributed by atoms with E-state index in [-0.39, 0.29) is 0 Å². The van der Waals surface area contributed by atoms with Gasteiger partial charge in [-0.3, -0.25) is 0 Å². The fraction of sp³-hybridized carbons (Fsp3) is 0.385. The van der Waals surface area contributed by atoms with Crippen LogP contribution >= 0.6 is 11.8 Å². The predicted molar refractivity (Wildman–Crippen MR) is 70.5 cm³/mol. The molecular weight excluding hydrogens is 246 g/mol. The molecule has 1 fully saturated rings. The second-order valence-electron chi connectivity index (χ2n) is 3.90. The Hall–Kier alpha value is -1.69. The van der Waals surface area contributed by atoms with Crippen LogP contribution in [0.15, 0.2) is 23.1 Å². The first-order chi connectivity index (χ1) is 8.80. The van der Waals surface area contributed by atoms with Gasteiger partial charge in [-0.05, 0) is 18.4 Å². The average Bonchev–Trinajstić information content (AvgIpc) is 2.46. The molecule has 92 valence electrons. The molecule has 0 saturated carbocycles. The van der Waals surface area contributed by atoms with Gasteiger partial charge < -0.3 is 9.64 Å². The number of ether oxygens (including phenoxy) is 1. The second-order valence-corrected chi connectivity index (χ2v) is 4.75. The zero-order chi connectivity index (χ0) is 13.0. The number of hydrogen-bond donors (Lipinski definition) is 0. The van der Waals surface area contributed by atoms with Crippen LogP contribution in [0.1, 0.15) is 5.56 Å². The lowest BCUT2D eigenvalue weighted by atomic mass is 10.1. The zero-order valence-electron chi connectivity index (χ0n) is 10.1. The topological polar surface area (TPSA) is 60.0 Å². The van der Waals surface area contributed by atoms with Gasteiger partial charge in [0, 0.05) is 11.4 Å². The normalized spacial score (nSPS) is 19.1. The third-order valence-electron chi connectivity index (χ3n) is 2.89. The van der Waals surface area contributed by atoms with Crippen molar-refractivity contribution in [3.05, 3.63) is 23.8 Å². The molecule has 5 heteroatoms. The van der Waals surface area contributed by atoms with E-state index in [1.165, 1.54) is 0 Å². The van der Waals surface area contributed by atoms with E-state index in [0.717, 1.165) is 10.6 Å². The highest BCUT2D eigenvalue weighted by atomic mass is 32.2. The summed E-state index contributed by atoms with van der Waals surface area (Å²) in [6, 6.07) is 10.2. The van der Waals surface area contributed by atoms with Crippen LogP contribution in [0.25, 0.3) is 0 Å². The lowest BCUT2D eigenvalue weighted by molar-refractivity contribution is 0.0764. The molecule has 1 aromatic carbocycles. The van der Waals surface area contributed by atoms with Crippen LogP contribution in [-0.4, -0.2) is 32.1 Å². The molecule has 1 unspecified atom stereocenters. The van der Waals surface area contributed by atoms with Crippen LogP contribution in [-0.2, 0) is 4.74 Å². The Morgan fingerprint density at radius 3 is 2.94 bits per heavy atom. The first kappa shape index (κ1) is 12.8. The average molecular weight is 259 g/mol. The van der Waals surface area contributed by atoms with Crippen molar-refractivity contribution in [2.45, 2.75) is 11.0 Å². The van der Waals surface area contributed by atoms with Crippen molar-refractivity contribution in [3.63, 3.8) is 0 Å². The number of nitrogens with zero attached hydrogens (tertiary/aromatic N) is 3. The molecule has 1 aliphatic heterocycles. The number of morpholine rings is 1. The van der Waals surface area contributed by atoms with Gasteiger partial charge in [-0.1, -0.05) is 6.07 Å². The van der Waals surface area contributed by atoms with Gasteiger partial charge in [0.15, 0.2) is 6.10 Å². The summed E-state index contributed by atoms with van der Waals surface area (Å²) in [6.07, 6.45) is 1.54. The van der Waals surface area contributed by atoms with Crippen LogP contribution in [0.5, 0.6) is 0 Å². The van der Waals surface area contributed by atoms with Crippen molar-refractivity contribution in [1.29, 1.82) is 10.5 Å². The highest BCUT2D eigenvalue weighted by Crippen LogP contribution is 2.29. The molecule has 0 spiro atoms. The van der Waals surface area contributed by atoms with Crippen molar-refractivity contribution in [2.75, 3.05) is 30.9 Å². The van der Waals surface area contributed by atoms with Crippen LogP contribution < -0.4 is 4.90 Å². The number of benzene rings is 1. The first-order valence-electron chi connectivity index (χ1n) is 5.63. The highest BCUT2D eigenvalue weighted by molar-refractivity contribution is 7.98. The molecule has 4 nitrogen and oxygen atoms in total. The fourth-order valence-corrected chi connectivity index (χ4v) is 2.58. The standard InChI is InChI=1S/C13H13N3OS/c1-18-13-4-2-3-12(11(13)8-15)16-5-6-17-10(7-14)9-16/h2-4,10H,5-6,9H2,1H3. The maximum Gasteiger partial charge on any atom is 0.161 e. The number of hydrogen-bond acceptors (Lipinski definition) is 5. The summed E-state index contributed by atoms with van der Waals surface area (Å²) in [5, 5.41) is 18.2. The second kappa shape index (κ2) is 5.77. The van der Waals surface area contributed by atoms with E-state index in [2.05, 4.69) is 17.0 Å². The number of rotatable bonds is 2. The molecule has 18 heavy (non-hydrogen) atoms. The van der Waals surface area contributed by atoms with Crippen molar-refractivity contribution in [3.8, 4) is 12.1 Å². The molecule has 0 radical (unpaired) electrons. The van der Waals surface area contributed by atoms with E-state index in [4.69, 9.17) is 10.00 Å². The Kier molecular flexibility index (Phi) is 4.09. The summed E-state index contributed by atoms with van der Waals surface area (Å²) in [5.41, 5.74) is 1.58. The molecule has 0 amide bonds. The Balaban J connectivity index is 2.34. The molecule has 1 saturated heterocycles. The minimum absolute atomic E-state index is 0.414. The van der Waals surface area contributed by atoms with Gasteiger partial charge >= 0.3 is 0 Å². The number of nitriles is 2. The quantitative estimate of drug-likeness (QED) is 0.760. The lowest BCUT2D eigenvalue weighted by Gasteiger charge is -2.32. The molecule has 1 atom stereocenters. The summed E-state index contributed by atoms with van der Waals surface area (Å²) < 4.78 is 5.32. The molecule has 0 bridgehead atoms. The van der Waals surface area contributed by atoms with E-state index in [1.807, 2.05) is 24.5 Å². The summed E-state index contributed by atoms with van der Waals surface area (Å²) in [5.74, 6) is 0. The molecular formula is C13H13N3OS. The SMILES string of the molecule is CSc1cccc(N2CCOC(C#N)C2)c1C#N. The number of thioether (sulfide) groups is 1. The third kappa shape index (κ3) is 2.43. The smallest absolute Gasteiger partial charge is 0.161 e. The summed E-state index contributed by atoms with van der Waals surface area (Å²) >= 11 is 1.56. The minimum atomic E-state index is -0.414. The lowest BCUT2D eigenvalue weighted by Crippen LogP contribution is -2.42. The van der Waals surface area contributed by atoms with Crippen molar-refractivity contribution in [1.82, 2.24) is 0 Å². The van der Waals surface area contributed by atoms with Crippen LogP contribution in [0.3, 0.4) is 0 Å². The van der Waals surface area contributed by atoms with E-state index >= 15 is 0 Å². The Morgan fingerprint density at radius 1 is 1.44 bits per heavy atom. The van der Waals surface area contributed by atoms with Crippen LogP contribution in [0.4, 0.5) is 5.69 Å². The van der Waals surface area contributed by atoms with Gasteiger partial charge in [0.05, 0.1) is 30.5 Å². The first-order valence-corrected chi connectivity index (χ1v) is 6.86. The van der Waals surface area contributed by atoms with E-state index in [0.29, 0.717) is 25.3 Å². The molecule has 2 rings (SSSR count). The van der Waals surface area contributed by atoms with E-state index in [9.17, 15) is 5.26 Å². The largest absolute Gasteiger partial charge is 0.364 e. The molecule has 0 N–H and O–H groups in total. The highest BCUT2D eigenvalue weighted by Gasteiger charge is 2.22. The van der Waals surface area contributed by atoms with Gasteiger partial charge in [0.1, 0.15) is 6.07 Å². The Labute approximate surface area is 111 Å². The number of anilines is 1. The van der Waals surface area contributed by atoms with Crippen LogP contribution in [0, 0.1) is 22.7 Å². The van der Waals surface area contributed by atoms with Crippen molar-refractivity contribution in [2.24, 2.45) is 0 Å². The van der Waals surface area contributed by atoms with Crippen molar-refractivity contribution < 1.29 is 4.74 Å². The third-order valence-corrected chi connectivity index (χ3v) is 3.67. The summed E-state index contributed by atoms with van der Waals surface area (Å²) in [6.45, 7) is 1.75. The minimum Gasteiger partial charge on any atom is -0.364 e. The van der Waals surface area contributed by atoms with Gasteiger partial charge in [-0.15, -0.1) is 11.8 Å². The fourth-order valence-electron chi connectivity index (χ4n) is 2.01. The van der Waals surface area contributed by atoms with E-state index in [1.54, 1.807) is 11.8 Å². The maximum atomic E-state index is 9.30. The van der Waals surface area contributed by atoms with Gasteiger partial charge in [0.2, 0.25) is 0 Å². The molecule has 1 aliphatic rings. The monoisotopic (exact) mass is 259 g/mol. The van der Waals surface area contributed by atoms with Gasteiger partial charge in [-0.2, -0.15) is 10.5 Å².